The number of furan rings is 1. The van der Waals surface area contributed by atoms with E-state index in [1.165, 1.54) is 25.5 Å². The van der Waals surface area contributed by atoms with Gasteiger partial charge in [-0.15, -0.1) is 0 Å². The first-order valence-electron chi connectivity index (χ1n) is 8.25. The summed E-state index contributed by atoms with van der Waals surface area (Å²) in [6, 6.07) is 13.1. The molecule has 2 aromatic carbocycles. The molecule has 6 nitrogen and oxygen atoms in total. The Labute approximate surface area is 166 Å². The molecule has 1 aromatic heterocycles. The number of benzene rings is 2. The van der Waals surface area contributed by atoms with Crippen molar-refractivity contribution in [2.24, 2.45) is 4.99 Å². The summed E-state index contributed by atoms with van der Waals surface area (Å²) in [4.78, 5) is 27.1. The van der Waals surface area contributed by atoms with E-state index >= 15 is 0 Å². The Morgan fingerprint density at radius 3 is 2.61 bits per heavy atom. The number of esters is 1. The van der Waals surface area contributed by atoms with Crippen molar-refractivity contribution >= 4 is 35.4 Å². The summed E-state index contributed by atoms with van der Waals surface area (Å²) in [5, 5.41) is 9.35. The van der Waals surface area contributed by atoms with Gasteiger partial charge in [0.1, 0.15) is 11.5 Å². The zero-order valence-corrected chi connectivity index (χ0v) is 15.9. The van der Waals surface area contributed by atoms with Crippen LogP contribution >= 0.6 is 11.6 Å². The number of carboxylic acids is 1. The van der Waals surface area contributed by atoms with Gasteiger partial charge in [-0.1, -0.05) is 17.7 Å². The van der Waals surface area contributed by atoms with E-state index in [1.54, 1.807) is 36.4 Å². The maximum atomic E-state index is 11.7. The third-order valence-electron chi connectivity index (χ3n) is 4.06. The SMILES string of the molecule is COC(=O)c1cc(N=Cc2ccc(-c3ccc(C(=O)O)cc3C)o2)ccc1Cl. The molecule has 3 aromatic rings. The molecule has 0 spiro atoms. The van der Waals surface area contributed by atoms with E-state index in [-0.39, 0.29) is 16.1 Å². The fourth-order valence-electron chi connectivity index (χ4n) is 2.64. The molecule has 1 heterocycles. The van der Waals surface area contributed by atoms with E-state index in [2.05, 4.69) is 4.99 Å². The van der Waals surface area contributed by atoms with Crippen LogP contribution < -0.4 is 0 Å². The Morgan fingerprint density at radius 2 is 1.93 bits per heavy atom. The lowest BCUT2D eigenvalue weighted by atomic mass is 10.0. The standard InChI is InChI=1S/C21H16ClNO5/c1-12-9-13(20(24)25)3-6-16(12)19-8-5-15(28-19)11-23-14-4-7-18(22)17(10-14)21(26)27-2/h3-11H,1-2H3,(H,24,25). The van der Waals surface area contributed by atoms with Crippen LogP contribution in [0.1, 0.15) is 32.0 Å². The lowest BCUT2D eigenvalue weighted by Gasteiger charge is -2.04. The van der Waals surface area contributed by atoms with Gasteiger partial charge in [0.2, 0.25) is 0 Å². The second-order valence-corrected chi connectivity index (χ2v) is 6.36. The predicted octanol–water partition coefficient (Wildman–Crippen LogP) is 5.14. The topological polar surface area (TPSA) is 89.1 Å². The molecule has 0 bridgehead atoms. The molecule has 0 saturated carbocycles. The van der Waals surface area contributed by atoms with Gasteiger partial charge < -0.3 is 14.3 Å². The van der Waals surface area contributed by atoms with E-state index in [9.17, 15) is 9.59 Å². The highest BCUT2D eigenvalue weighted by Gasteiger charge is 2.12. The van der Waals surface area contributed by atoms with E-state index in [0.29, 0.717) is 17.2 Å². The average Bonchev–Trinajstić information content (AvgIpc) is 3.15. The molecule has 0 aliphatic heterocycles. The Kier molecular flexibility index (Phi) is 5.61. The molecule has 28 heavy (non-hydrogen) atoms. The van der Waals surface area contributed by atoms with Gasteiger partial charge in [-0.2, -0.15) is 0 Å². The molecule has 0 radical (unpaired) electrons. The Bertz CT molecular complexity index is 1080. The summed E-state index contributed by atoms with van der Waals surface area (Å²) in [6.07, 6.45) is 1.52. The van der Waals surface area contributed by atoms with Gasteiger partial charge >= 0.3 is 11.9 Å². The van der Waals surface area contributed by atoms with Crippen LogP contribution in [0.2, 0.25) is 5.02 Å². The number of nitrogens with zero attached hydrogens (tertiary/aromatic N) is 1. The molecule has 0 aliphatic rings. The van der Waals surface area contributed by atoms with Crippen molar-refractivity contribution in [2.45, 2.75) is 6.92 Å². The highest BCUT2D eigenvalue weighted by molar-refractivity contribution is 6.33. The normalized spacial score (nSPS) is 11.0. The first-order valence-corrected chi connectivity index (χ1v) is 8.63. The van der Waals surface area contributed by atoms with Gasteiger partial charge in [0, 0.05) is 5.56 Å². The highest BCUT2D eigenvalue weighted by atomic mass is 35.5. The van der Waals surface area contributed by atoms with Gasteiger partial charge in [-0.3, -0.25) is 4.99 Å². The second kappa shape index (κ2) is 8.10. The third-order valence-corrected chi connectivity index (χ3v) is 4.39. The quantitative estimate of drug-likeness (QED) is 0.475. The second-order valence-electron chi connectivity index (χ2n) is 5.95. The highest BCUT2D eigenvalue weighted by Crippen LogP contribution is 2.27. The fraction of sp³-hybridized carbons (Fsp3) is 0.0952. The number of hydrogen-bond donors (Lipinski definition) is 1. The van der Waals surface area contributed by atoms with Crippen molar-refractivity contribution in [3.8, 4) is 11.3 Å². The van der Waals surface area contributed by atoms with Crippen LogP contribution in [0.15, 0.2) is 57.9 Å². The van der Waals surface area contributed by atoms with Gasteiger partial charge in [0.25, 0.3) is 0 Å². The first kappa shape index (κ1) is 19.4. The maximum absolute atomic E-state index is 11.7. The summed E-state index contributed by atoms with van der Waals surface area (Å²) >= 11 is 6.00. The molecule has 7 heteroatoms. The van der Waals surface area contributed by atoms with Gasteiger partial charge in [0.15, 0.2) is 0 Å². The number of rotatable bonds is 5. The smallest absolute Gasteiger partial charge is 0.339 e. The van der Waals surface area contributed by atoms with Gasteiger partial charge in [-0.05, 0) is 55.0 Å². The molecule has 0 amide bonds. The van der Waals surface area contributed by atoms with Crippen molar-refractivity contribution in [1.29, 1.82) is 0 Å². The molecule has 0 fully saturated rings. The summed E-state index contributed by atoms with van der Waals surface area (Å²) in [5.41, 5.74) is 2.55. The number of carboxylic acid groups (broad SMARTS) is 1. The number of aryl methyl sites for hydroxylation is 1. The minimum absolute atomic E-state index is 0.221. The van der Waals surface area contributed by atoms with Crippen LogP contribution in [0.25, 0.3) is 11.3 Å². The summed E-state index contributed by atoms with van der Waals surface area (Å²) in [5.74, 6) is -0.410. The van der Waals surface area contributed by atoms with Gasteiger partial charge in [-0.25, -0.2) is 9.59 Å². The monoisotopic (exact) mass is 397 g/mol. The van der Waals surface area contributed by atoms with E-state index in [0.717, 1.165) is 11.1 Å². The third kappa shape index (κ3) is 4.13. The largest absolute Gasteiger partial charge is 0.478 e. The van der Waals surface area contributed by atoms with Gasteiger partial charge in [0.05, 0.1) is 35.2 Å². The Hall–Kier alpha value is -3.38. The zero-order chi connectivity index (χ0) is 20.3. The van der Waals surface area contributed by atoms with Crippen LogP contribution in [0, 0.1) is 6.92 Å². The van der Waals surface area contributed by atoms with Crippen molar-refractivity contribution in [3.63, 3.8) is 0 Å². The number of aromatic carboxylic acids is 1. The minimum atomic E-state index is -0.976. The van der Waals surface area contributed by atoms with E-state index < -0.39 is 11.9 Å². The van der Waals surface area contributed by atoms with Crippen LogP contribution in [0.5, 0.6) is 0 Å². The summed E-state index contributed by atoms with van der Waals surface area (Å²) < 4.78 is 10.5. The Morgan fingerprint density at radius 1 is 1.14 bits per heavy atom. The van der Waals surface area contributed by atoms with Crippen molar-refractivity contribution in [2.75, 3.05) is 7.11 Å². The number of ether oxygens (including phenoxy) is 1. The lowest BCUT2D eigenvalue weighted by molar-refractivity contribution is 0.0600. The number of carbonyl (C=O) groups is 2. The van der Waals surface area contributed by atoms with E-state index in [4.69, 9.17) is 25.9 Å². The lowest BCUT2D eigenvalue weighted by Crippen LogP contribution is -2.01. The van der Waals surface area contributed by atoms with E-state index in [1.807, 2.05) is 6.92 Å². The predicted molar refractivity (Wildman–Crippen MR) is 106 cm³/mol. The molecule has 3 rings (SSSR count). The number of hydrogen-bond acceptors (Lipinski definition) is 5. The molecule has 1 N–H and O–H groups in total. The number of carbonyl (C=O) groups excluding carboxylic acids is 1. The maximum Gasteiger partial charge on any atom is 0.339 e. The number of aliphatic imine (C=N–C) groups is 1. The summed E-state index contributed by atoms with van der Waals surface area (Å²) in [7, 11) is 1.28. The molecule has 0 aliphatic carbocycles. The minimum Gasteiger partial charge on any atom is -0.478 e. The zero-order valence-electron chi connectivity index (χ0n) is 15.1. The molecule has 0 unspecified atom stereocenters. The van der Waals surface area contributed by atoms with Crippen LogP contribution in [-0.2, 0) is 4.74 Å². The molecule has 0 saturated heterocycles. The van der Waals surface area contributed by atoms with Crippen molar-refractivity contribution < 1.29 is 23.8 Å². The summed E-state index contributed by atoms with van der Waals surface area (Å²) in [6.45, 7) is 1.82. The molecule has 142 valence electrons. The fourth-order valence-corrected chi connectivity index (χ4v) is 2.83. The van der Waals surface area contributed by atoms with Crippen LogP contribution in [0.3, 0.4) is 0 Å². The molecule has 0 atom stereocenters. The van der Waals surface area contributed by atoms with Crippen LogP contribution in [-0.4, -0.2) is 30.4 Å². The molecular weight excluding hydrogens is 382 g/mol. The average molecular weight is 398 g/mol. The van der Waals surface area contributed by atoms with Crippen molar-refractivity contribution in [1.82, 2.24) is 0 Å². The molecular formula is C21H16ClNO5. The number of halogens is 1. The van der Waals surface area contributed by atoms with Crippen LogP contribution in [0.4, 0.5) is 5.69 Å². The van der Waals surface area contributed by atoms with Crippen molar-refractivity contribution in [3.05, 3.63) is 76.0 Å². The first-order chi connectivity index (χ1) is 13.4. The number of methoxy groups -OCH3 is 1. The Balaban J connectivity index is 1.84.